The van der Waals surface area contributed by atoms with Crippen molar-refractivity contribution in [2.45, 2.75) is 6.42 Å². The van der Waals surface area contributed by atoms with E-state index in [2.05, 4.69) is 15.3 Å². The molecule has 10 heteroatoms. The van der Waals surface area contributed by atoms with E-state index in [4.69, 9.17) is 9.47 Å². The number of ether oxygens (including phenoxy) is 2. The van der Waals surface area contributed by atoms with Crippen LogP contribution in [-0.4, -0.2) is 35.0 Å². The molecule has 3 rings (SSSR count). The zero-order chi connectivity index (χ0) is 20.1. The van der Waals surface area contributed by atoms with Crippen molar-refractivity contribution in [1.29, 1.82) is 0 Å². The van der Waals surface area contributed by atoms with Crippen molar-refractivity contribution in [3.05, 3.63) is 57.8 Å². The second-order valence-electron chi connectivity index (χ2n) is 5.59. The average Bonchev–Trinajstić information content (AvgIpc) is 3.15. The molecule has 0 aliphatic rings. The van der Waals surface area contributed by atoms with E-state index in [0.29, 0.717) is 17.2 Å². The Labute approximate surface area is 164 Å². The van der Waals surface area contributed by atoms with E-state index < -0.39 is 10.8 Å². The Morgan fingerprint density at radius 2 is 2.04 bits per heavy atom. The molecule has 0 radical (unpaired) electrons. The molecule has 28 heavy (non-hydrogen) atoms. The van der Waals surface area contributed by atoms with Crippen LogP contribution in [0.4, 0.5) is 11.4 Å². The fraction of sp³-hybridized carbons (Fsp3) is 0.167. The minimum atomic E-state index is -0.597. The van der Waals surface area contributed by atoms with Gasteiger partial charge in [-0.05, 0) is 24.3 Å². The number of thiazole rings is 1. The highest BCUT2D eigenvalue weighted by Crippen LogP contribution is 2.33. The maximum Gasteiger partial charge on any atom is 0.310 e. The normalized spacial score (nSPS) is 10.4. The topological polar surface area (TPSA) is 116 Å². The molecule has 1 N–H and O–H groups in total. The third-order valence-electron chi connectivity index (χ3n) is 3.79. The van der Waals surface area contributed by atoms with Crippen LogP contribution in [-0.2, 0) is 11.2 Å². The molecule has 9 nitrogen and oxygen atoms in total. The molecule has 0 spiro atoms. The molecule has 0 unspecified atom stereocenters. The summed E-state index contributed by atoms with van der Waals surface area (Å²) < 4.78 is 10.5. The molecule has 144 valence electrons. The quantitative estimate of drug-likeness (QED) is 0.478. The highest BCUT2D eigenvalue weighted by Gasteiger charge is 2.17. The monoisotopic (exact) mass is 400 g/mol. The summed E-state index contributed by atoms with van der Waals surface area (Å²) in [5.74, 6) is 0.791. The van der Waals surface area contributed by atoms with Gasteiger partial charge >= 0.3 is 5.69 Å². The zero-order valence-corrected chi connectivity index (χ0v) is 15.9. The van der Waals surface area contributed by atoms with Crippen LogP contribution in [0.2, 0.25) is 0 Å². The number of nitrogens with zero attached hydrogens (tertiary/aromatic N) is 3. The number of carbonyl (C=O) groups excluding carboxylic acids is 1. The van der Waals surface area contributed by atoms with Gasteiger partial charge in [-0.2, -0.15) is 0 Å². The van der Waals surface area contributed by atoms with Gasteiger partial charge in [0.25, 0.3) is 0 Å². The molecule has 0 aliphatic heterocycles. The van der Waals surface area contributed by atoms with Gasteiger partial charge in [0.05, 0.1) is 31.3 Å². The third kappa shape index (κ3) is 4.23. The summed E-state index contributed by atoms with van der Waals surface area (Å²) in [4.78, 5) is 30.8. The molecular weight excluding hydrogens is 384 g/mol. The van der Waals surface area contributed by atoms with Crippen molar-refractivity contribution >= 4 is 28.6 Å². The number of anilines is 1. The van der Waals surface area contributed by atoms with Crippen molar-refractivity contribution in [3.8, 4) is 22.1 Å². The number of carbonyl (C=O) groups is 1. The molecule has 0 bridgehead atoms. The molecule has 0 saturated carbocycles. The summed E-state index contributed by atoms with van der Waals surface area (Å²) in [7, 11) is 3.11. The number of nitro groups is 1. The lowest BCUT2D eigenvalue weighted by atomic mass is 10.2. The number of hydrogen-bond donors (Lipinski definition) is 1. The first-order chi connectivity index (χ1) is 13.5. The highest BCUT2D eigenvalue weighted by atomic mass is 32.1. The molecule has 0 saturated heterocycles. The van der Waals surface area contributed by atoms with Gasteiger partial charge < -0.3 is 14.8 Å². The number of amides is 1. The van der Waals surface area contributed by atoms with E-state index in [1.54, 1.807) is 25.7 Å². The molecule has 1 aromatic carbocycles. The van der Waals surface area contributed by atoms with Gasteiger partial charge in [-0.3, -0.25) is 19.9 Å². The lowest BCUT2D eigenvalue weighted by Gasteiger charge is -2.08. The summed E-state index contributed by atoms with van der Waals surface area (Å²) in [6.07, 6.45) is 2.46. The van der Waals surface area contributed by atoms with Crippen LogP contribution in [0.5, 0.6) is 11.5 Å². The summed E-state index contributed by atoms with van der Waals surface area (Å²) >= 11 is 1.39. The maximum atomic E-state index is 12.3. The van der Waals surface area contributed by atoms with Crippen LogP contribution >= 0.6 is 11.3 Å². The van der Waals surface area contributed by atoms with Crippen LogP contribution in [0.1, 0.15) is 5.69 Å². The first kappa shape index (κ1) is 19.2. The largest absolute Gasteiger partial charge is 0.493 e. The Hall–Kier alpha value is -3.53. The highest BCUT2D eigenvalue weighted by molar-refractivity contribution is 7.13. The average molecular weight is 400 g/mol. The second-order valence-corrected chi connectivity index (χ2v) is 6.45. The summed E-state index contributed by atoms with van der Waals surface area (Å²) in [6, 6.07) is 6.82. The van der Waals surface area contributed by atoms with Crippen molar-refractivity contribution in [2.75, 3.05) is 19.5 Å². The molecule has 3 aromatic rings. The first-order valence-corrected chi connectivity index (χ1v) is 8.95. The Kier molecular flexibility index (Phi) is 5.80. The maximum absolute atomic E-state index is 12.3. The molecule has 2 heterocycles. The molecule has 1 amide bonds. The molecule has 0 aliphatic carbocycles. The van der Waals surface area contributed by atoms with E-state index in [9.17, 15) is 14.9 Å². The van der Waals surface area contributed by atoms with E-state index >= 15 is 0 Å². The Balaban J connectivity index is 1.73. The fourth-order valence-electron chi connectivity index (χ4n) is 2.49. The summed E-state index contributed by atoms with van der Waals surface area (Å²) in [5.41, 5.74) is 1.23. The van der Waals surface area contributed by atoms with Crippen LogP contribution in [0.3, 0.4) is 0 Å². The van der Waals surface area contributed by atoms with Gasteiger partial charge in [0, 0.05) is 17.1 Å². The zero-order valence-electron chi connectivity index (χ0n) is 15.0. The number of aromatic nitrogens is 2. The second kappa shape index (κ2) is 8.44. The van der Waals surface area contributed by atoms with Gasteiger partial charge in [0.1, 0.15) is 16.9 Å². The number of pyridine rings is 1. The van der Waals surface area contributed by atoms with Crippen molar-refractivity contribution in [2.24, 2.45) is 0 Å². The van der Waals surface area contributed by atoms with Crippen molar-refractivity contribution < 1.29 is 19.2 Å². The summed E-state index contributed by atoms with van der Waals surface area (Å²) in [5, 5.41) is 16.0. The first-order valence-electron chi connectivity index (χ1n) is 8.07. The predicted molar refractivity (Wildman–Crippen MR) is 104 cm³/mol. The lowest BCUT2D eigenvalue weighted by molar-refractivity contribution is -0.384. The van der Waals surface area contributed by atoms with Gasteiger partial charge in [0.15, 0.2) is 11.5 Å². The van der Waals surface area contributed by atoms with Crippen LogP contribution in [0.25, 0.3) is 10.6 Å². The smallest absolute Gasteiger partial charge is 0.310 e. The van der Waals surface area contributed by atoms with Crippen LogP contribution < -0.4 is 14.8 Å². The predicted octanol–water partition coefficient (Wildman–Crippen LogP) is 3.31. The number of methoxy groups -OCH3 is 2. The number of benzene rings is 1. The summed E-state index contributed by atoms with van der Waals surface area (Å²) in [6.45, 7) is 0. The number of rotatable bonds is 7. The lowest BCUT2D eigenvalue weighted by Crippen LogP contribution is -2.15. The minimum absolute atomic E-state index is 0.0106. The van der Waals surface area contributed by atoms with Crippen LogP contribution in [0, 0.1) is 10.1 Å². The fourth-order valence-corrected chi connectivity index (χ4v) is 3.30. The van der Waals surface area contributed by atoms with E-state index in [1.807, 2.05) is 12.1 Å². The Morgan fingerprint density at radius 3 is 2.75 bits per heavy atom. The molecular formula is C18H16N4O5S. The SMILES string of the molecule is COc1ccc(-c2nc(CC(=O)Nc3ccncc3[N+](=O)[O-])cs2)cc1OC. The minimum Gasteiger partial charge on any atom is -0.493 e. The van der Waals surface area contributed by atoms with E-state index in [1.165, 1.54) is 23.6 Å². The van der Waals surface area contributed by atoms with E-state index in [-0.39, 0.29) is 17.8 Å². The molecule has 2 aromatic heterocycles. The van der Waals surface area contributed by atoms with Gasteiger partial charge in [-0.1, -0.05) is 0 Å². The standard InChI is InChI=1S/C18H16N4O5S/c1-26-15-4-3-11(7-16(15)27-2)18-20-12(10-28-18)8-17(23)21-13-5-6-19-9-14(13)22(24)25/h3-7,9-10H,8H2,1-2H3,(H,19,21,23). The number of nitrogens with one attached hydrogen (secondary N) is 1. The van der Waals surface area contributed by atoms with Gasteiger partial charge in [-0.15, -0.1) is 11.3 Å². The molecule has 0 atom stereocenters. The molecule has 0 fully saturated rings. The van der Waals surface area contributed by atoms with Crippen molar-refractivity contribution in [3.63, 3.8) is 0 Å². The van der Waals surface area contributed by atoms with Gasteiger partial charge in [0.2, 0.25) is 5.91 Å². The Morgan fingerprint density at radius 1 is 1.25 bits per heavy atom. The van der Waals surface area contributed by atoms with Crippen LogP contribution in [0.15, 0.2) is 42.0 Å². The van der Waals surface area contributed by atoms with E-state index in [0.717, 1.165) is 16.8 Å². The van der Waals surface area contributed by atoms with Crippen molar-refractivity contribution in [1.82, 2.24) is 9.97 Å². The number of hydrogen-bond acceptors (Lipinski definition) is 8. The van der Waals surface area contributed by atoms with Gasteiger partial charge in [-0.25, -0.2) is 4.98 Å². The Bertz CT molecular complexity index is 1020. The third-order valence-corrected chi connectivity index (χ3v) is 4.73.